The molecule has 5 heteroatoms. The van der Waals surface area contributed by atoms with Gasteiger partial charge in [-0.25, -0.2) is 0 Å². The second-order valence-corrected chi connectivity index (χ2v) is 4.06. The van der Waals surface area contributed by atoms with Gasteiger partial charge in [0.15, 0.2) is 0 Å². The molecule has 0 spiro atoms. The minimum absolute atomic E-state index is 0.310. The number of alkyl halides is 3. The zero-order valence-electron chi connectivity index (χ0n) is 6.04. The number of aliphatic hydroxyl groups is 2. The summed E-state index contributed by atoms with van der Waals surface area (Å²) >= 11 is 16.8. The van der Waals surface area contributed by atoms with Crippen molar-refractivity contribution in [2.24, 2.45) is 0 Å². The van der Waals surface area contributed by atoms with Gasteiger partial charge in [0, 0.05) is 5.38 Å². The lowest BCUT2D eigenvalue weighted by atomic mass is 10.1. The van der Waals surface area contributed by atoms with Gasteiger partial charge in [-0.3, -0.25) is 0 Å². The summed E-state index contributed by atoms with van der Waals surface area (Å²) in [5.74, 6) is 0. The third-order valence-corrected chi connectivity index (χ3v) is 2.74. The van der Waals surface area contributed by atoms with Crippen LogP contribution in [0.2, 0.25) is 0 Å². The van der Waals surface area contributed by atoms with E-state index in [-0.39, 0.29) is 12.0 Å². The molecule has 0 saturated heterocycles. The van der Waals surface area contributed by atoms with E-state index < -0.39 is 16.9 Å². The van der Waals surface area contributed by atoms with Crippen molar-refractivity contribution in [1.29, 1.82) is 0 Å². The molecule has 0 aromatic carbocycles. The molecule has 4 atom stereocenters. The highest BCUT2D eigenvalue weighted by atomic mass is 35.5. The number of hydrogen-bond donors (Lipinski definition) is 2. The van der Waals surface area contributed by atoms with Crippen molar-refractivity contribution >= 4 is 34.8 Å². The summed E-state index contributed by atoms with van der Waals surface area (Å²) in [5.41, 5.74) is 0. The molecule has 11 heavy (non-hydrogen) atoms. The van der Waals surface area contributed by atoms with Crippen molar-refractivity contribution in [3.63, 3.8) is 0 Å². The van der Waals surface area contributed by atoms with Crippen LogP contribution in [0.1, 0.15) is 6.92 Å². The molecule has 0 radical (unpaired) electrons. The van der Waals surface area contributed by atoms with E-state index in [9.17, 15) is 5.11 Å². The van der Waals surface area contributed by atoms with Crippen LogP contribution in [0.25, 0.3) is 0 Å². The van der Waals surface area contributed by atoms with Crippen LogP contribution in [-0.4, -0.2) is 39.1 Å². The van der Waals surface area contributed by atoms with E-state index in [4.69, 9.17) is 39.9 Å². The maximum atomic E-state index is 9.25. The maximum Gasteiger partial charge on any atom is 0.0903 e. The highest BCUT2D eigenvalue weighted by molar-refractivity contribution is 6.31. The summed E-state index contributed by atoms with van der Waals surface area (Å²) < 4.78 is 0. The zero-order valence-corrected chi connectivity index (χ0v) is 8.31. The van der Waals surface area contributed by atoms with Gasteiger partial charge in [0.1, 0.15) is 0 Å². The molecule has 0 unspecified atom stereocenters. The first-order chi connectivity index (χ1) is 5.00. The van der Waals surface area contributed by atoms with Crippen LogP contribution in [0.4, 0.5) is 0 Å². The Hall–Kier alpha value is 0.790. The Balaban J connectivity index is 3.90. The van der Waals surface area contributed by atoms with Crippen molar-refractivity contribution in [2.45, 2.75) is 29.2 Å². The average Bonchev–Trinajstić information content (AvgIpc) is 2.00. The van der Waals surface area contributed by atoms with Crippen molar-refractivity contribution in [3.8, 4) is 0 Å². The molecule has 2 N–H and O–H groups in total. The van der Waals surface area contributed by atoms with Gasteiger partial charge in [-0.1, -0.05) is 0 Å². The maximum absolute atomic E-state index is 9.25. The summed E-state index contributed by atoms with van der Waals surface area (Å²) in [6.07, 6.45) is -0.976. The van der Waals surface area contributed by atoms with Gasteiger partial charge in [0.25, 0.3) is 0 Å². The van der Waals surface area contributed by atoms with Crippen molar-refractivity contribution in [1.82, 2.24) is 0 Å². The van der Waals surface area contributed by atoms with E-state index in [1.165, 1.54) is 0 Å². The Morgan fingerprint density at radius 1 is 1.27 bits per heavy atom. The van der Waals surface area contributed by atoms with Gasteiger partial charge in [-0.05, 0) is 6.92 Å². The summed E-state index contributed by atoms with van der Waals surface area (Å²) in [7, 11) is 0. The third-order valence-electron chi connectivity index (χ3n) is 1.31. The Bertz CT molecular complexity index is 110. The predicted molar refractivity (Wildman–Crippen MR) is 47.7 cm³/mol. The SMILES string of the molecule is C[C@@H](Cl)[C@H](Cl)[C@H](O)[C@H](Cl)CO. The fraction of sp³-hybridized carbons (Fsp3) is 1.00. The Morgan fingerprint density at radius 3 is 2.00 bits per heavy atom. The van der Waals surface area contributed by atoms with Crippen LogP contribution in [-0.2, 0) is 0 Å². The summed E-state index contributed by atoms with van der Waals surface area (Å²) in [4.78, 5) is 0. The molecule has 2 nitrogen and oxygen atoms in total. The predicted octanol–water partition coefficient (Wildman–Crippen LogP) is 1.18. The van der Waals surface area contributed by atoms with Crippen molar-refractivity contribution in [3.05, 3.63) is 0 Å². The first-order valence-electron chi connectivity index (χ1n) is 3.21. The van der Waals surface area contributed by atoms with Crippen LogP contribution in [0.5, 0.6) is 0 Å². The van der Waals surface area contributed by atoms with Crippen LogP contribution >= 0.6 is 34.8 Å². The fourth-order valence-corrected chi connectivity index (χ4v) is 1.14. The molecular formula is C6H11Cl3O2. The standard InChI is InChI=1S/C6H11Cl3O2/c1-3(7)5(9)6(11)4(8)2-10/h3-6,10-11H,2H2,1H3/t3-,4-,5+,6-/m1/s1. The van der Waals surface area contributed by atoms with E-state index in [1.807, 2.05) is 0 Å². The van der Waals surface area contributed by atoms with Crippen molar-refractivity contribution < 1.29 is 10.2 Å². The summed E-state index contributed by atoms with van der Waals surface area (Å²) in [6.45, 7) is 1.35. The molecule has 0 fully saturated rings. The molecule has 0 saturated carbocycles. The summed E-state index contributed by atoms with van der Waals surface area (Å²) in [5, 5.41) is 16.0. The normalized spacial score (nSPS) is 22.4. The smallest absolute Gasteiger partial charge is 0.0903 e. The molecular weight excluding hydrogens is 210 g/mol. The lowest BCUT2D eigenvalue weighted by molar-refractivity contribution is 0.133. The zero-order chi connectivity index (χ0) is 9.02. The van der Waals surface area contributed by atoms with Gasteiger partial charge in [-0.2, -0.15) is 0 Å². The first kappa shape index (κ1) is 11.8. The second-order valence-electron chi connectivity index (χ2n) is 2.31. The Labute approximate surface area is 81.1 Å². The fourth-order valence-electron chi connectivity index (χ4n) is 0.579. The molecule has 0 aliphatic heterocycles. The lowest BCUT2D eigenvalue weighted by Crippen LogP contribution is -2.37. The van der Waals surface area contributed by atoms with Crippen molar-refractivity contribution in [2.75, 3.05) is 6.61 Å². The Kier molecular flexibility index (Phi) is 5.83. The minimum atomic E-state index is -0.976. The second kappa shape index (κ2) is 5.44. The quantitative estimate of drug-likeness (QED) is 0.700. The minimum Gasteiger partial charge on any atom is -0.395 e. The number of halogens is 3. The van der Waals surface area contributed by atoms with Crippen LogP contribution in [0.15, 0.2) is 0 Å². The molecule has 0 bridgehead atoms. The molecule has 68 valence electrons. The molecule has 0 aliphatic carbocycles. The third kappa shape index (κ3) is 3.81. The highest BCUT2D eigenvalue weighted by Gasteiger charge is 2.27. The van der Waals surface area contributed by atoms with E-state index in [2.05, 4.69) is 0 Å². The monoisotopic (exact) mass is 220 g/mol. The van der Waals surface area contributed by atoms with Gasteiger partial charge < -0.3 is 10.2 Å². The molecule has 0 aromatic rings. The number of rotatable bonds is 4. The van der Waals surface area contributed by atoms with Gasteiger partial charge in [-0.15, -0.1) is 34.8 Å². The molecule has 0 amide bonds. The largest absolute Gasteiger partial charge is 0.395 e. The van der Waals surface area contributed by atoms with Gasteiger partial charge in [0.2, 0.25) is 0 Å². The highest BCUT2D eigenvalue weighted by Crippen LogP contribution is 2.18. The van der Waals surface area contributed by atoms with Crippen LogP contribution in [0, 0.1) is 0 Å². The topological polar surface area (TPSA) is 40.5 Å². The molecule has 0 rings (SSSR count). The van der Waals surface area contributed by atoms with Gasteiger partial charge in [0.05, 0.1) is 23.5 Å². The number of hydrogen-bond acceptors (Lipinski definition) is 2. The average molecular weight is 222 g/mol. The van der Waals surface area contributed by atoms with Gasteiger partial charge >= 0.3 is 0 Å². The van der Waals surface area contributed by atoms with E-state index >= 15 is 0 Å². The van der Waals surface area contributed by atoms with E-state index in [0.717, 1.165) is 0 Å². The van der Waals surface area contributed by atoms with E-state index in [0.29, 0.717) is 0 Å². The molecule has 0 aromatic heterocycles. The van der Waals surface area contributed by atoms with E-state index in [1.54, 1.807) is 6.92 Å². The summed E-state index contributed by atoms with van der Waals surface area (Å²) in [6, 6.07) is 0. The first-order valence-corrected chi connectivity index (χ1v) is 4.52. The van der Waals surface area contributed by atoms with Crippen LogP contribution < -0.4 is 0 Å². The number of aliphatic hydroxyl groups excluding tert-OH is 2. The molecule has 0 heterocycles. The Morgan fingerprint density at radius 2 is 1.73 bits per heavy atom. The van der Waals surface area contributed by atoms with Crippen LogP contribution in [0.3, 0.4) is 0 Å². The lowest BCUT2D eigenvalue weighted by Gasteiger charge is -2.21. The molecule has 0 aliphatic rings.